The first-order valence-electron chi connectivity index (χ1n) is 11.0. The second kappa shape index (κ2) is 7.75. The summed E-state index contributed by atoms with van der Waals surface area (Å²) in [7, 11) is 0. The largest absolute Gasteiger partial charge is 0.462 e. The van der Waals surface area contributed by atoms with Gasteiger partial charge in [-0.1, -0.05) is 54.5 Å². The maximum Gasteiger partial charge on any atom is 0.313 e. The Labute approximate surface area is 177 Å². The summed E-state index contributed by atoms with van der Waals surface area (Å²) < 4.78 is 5.63. The zero-order valence-electron chi connectivity index (χ0n) is 17.2. The van der Waals surface area contributed by atoms with Crippen molar-refractivity contribution >= 4 is 23.3 Å². The zero-order chi connectivity index (χ0) is 20.7. The van der Waals surface area contributed by atoms with Gasteiger partial charge >= 0.3 is 5.97 Å². The Morgan fingerprint density at radius 3 is 2.23 bits per heavy atom. The van der Waals surface area contributed by atoms with Crippen LogP contribution in [0.15, 0.2) is 72.3 Å². The van der Waals surface area contributed by atoms with Gasteiger partial charge in [-0.05, 0) is 56.4 Å². The fourth-order valence-electron chi connectivity index (χ4n) is 5.71. The maximum absolute atomic E-state index is 14.3. The third-order valence-corrected chi connectivity index (χ3v) is 7.01. The minimum absolute atomic E-state index is 0.0741. The number of anilines is 2. The molecule has 1 amide bonds. The van der Waals surface area contributed by atoms with E-state index in [1.807, 2.05) is 72.5 Å². The summed E-state index contributed by atoms with van der Waals surface area (Å²) in [6, 6.07) is 19.6. The van der Waals surface area contributed by atoms with Crippen molar-refractivity contribution in [2.24, 2.45) is 23.7 Å². The molecule has 2 aliphatic carbocycles. The van der Waals surface area contributed by atoms with Crippen molar-refractivity contribution in [2.75, 3.05) is 4.90 Å². The van der Waals surface area contributed by atoms with E-state index < -0.39 is 0 Å². The lowest BCUT2D eigenvalue weighted by Crippen LogP contribution is -2.47. The number of hydrogen-bond acceptors (Lipinski definition) is 3. The number of cyclic esters (lactones) is 1. The van der Waals surface area contributed by atoms with Crippen LogP contribution in [0.25, 0.3) is 0 Å². The molecule has 3 aliphatic rings. The number of carbonyl (C=O) groups is 2. The van der Waals surface area contributed by atoms with E-state index in [9.17, 15) is 9.59 Å². The SMILES string of the molecule is C[C@H]1OC(=O)[C@@H]2C=C3CCCC[C@H]3[C@H](C(=O)N(c3ccccc3)c3ccccc3)[C@H]12. The molecule has 1 saturated carbocycles. The molecule has 5 rings (SSSR count). The fraction of sp³-hybridized carbons (Fsp3) is 0.385. The van der Waals surface area contributed by atoms with Crippen LogP contribution in [-0.4, -0.2) is 18.0 Å². The van der Waals surface area contributed by atoms with Gasteiger partial charge in [0.15, 0.2) is 0 Å². The van der Waals surface area contributed by atoms with Crippen molar-refractivity contribution < 1.29 is 14.3 Å². The molecule has 0 bridgehead atoms. The Morgan fingerprint density at radius 1 is 0.967 bits per heavy atom. The summed E-state index contributed by atoms with van der Waals surface area (Å²) >= 11 is 0. The lowest BCUT2D eigenvalue weighted by Gasteiger charge is -2.42. The molecule has 1 saturated heterocycles. The van der Waals surface area contributed by atoms with Crippen LogP contribution in [-0.2, 0) is 14.3 Å². The first-order chi connectivity index (χ1) is 14.6. The third-order valence-electron chi connectivity index (χ3n) is 7.01. The normalized spacial score (nSPS) is 30.0. The van der Waals surface area contributed by atoms with Crippen molar-refractivity contribution in [2.45, 2.75) is 38.7 Å². The summed E-state index contributed by atoms with van der Waals surface area (Å²) in [4.78, 5) is 28.7. The molecule has 4 heteroatoms. The van der Waals surface area contributed by atoms with Crippen LogP contribution in [0.2, 0.25) is 0 Å². The number of benzene rings is 2. The second-order valence-corrected chi connectivity index (χ2v) is 8.71. The van der Waals surface area contributed by atoms with Crippen molar-refractivity contribution in [3.63, 3.8) is 0 Å². The molecular formula is C26H27NO3. The van der Waals surface area contributed by atoms with Gasteiger partial charge in [0, 0.05) is 17.3 Å². The minimum Gasteiger partial charge on any atom is -0.462 e. The topological polar surface area (TPSA) is 46.6 Å². The first kappa shape index (κ1) is 19.1. The summed E-state index contributed by atoms with van der Waals surface area (Å²) in [5, 5.41) is 0. The Bertz CT molecular complexity index is 929. The number of hydrogen-bond donors (Lipinski definition) is 0. The van der Waals surface area contributed by atoms with Crippen LogP contribution in [0.5, 0.6) is 0 Å². The maximum atomic E-state index is 14.3. The fourth-order valence-corrected chi connectivity index (χ4v) is 5.71. The molecule has 1 aliphatic heterocycles. The lowest BCUT2D eigenvalue weighted by atomic mass is 9.62. The summed E-state index contributed by atoms with van der Waals surface area (Å²) in [5.74, 6) is -0.562. The highest BCUT2D eigenvalue weighted by Gasteiger charge is 2.54. The van der Waals surface area contributed by atoms with Gasteiger partial charge in [-0.25, -0.2) is 0 Å². The Hall–Kier alpha value is -2.88. The molecule has 0 spiro atoms. The molecule has 154 valence electrons. The van der Waals surface area contributed by atoms with Crippen LogP contribution in [0.3, 0.4) is 0 Å². The quantitative estimate of drug-likeness (QED) is 0.520. The number of fused-ring (bicyclic) bond motifs is 2. The zero-order valence-corrected chi connectivity index (χ0v) is 17.2. The van der Waals surface area contributed by atoms with Gasteiger partial charge in [0.1, 0.15) is 6.10 Å². The number of ether oxygens (including phenoxy) is 1. The number of allylic oxidation sites excluding steroid dienone is 1. The average Bonchev–Trinajstić information content (AvgIpc) is 3.07. The van der Waals surface area contributed by atoms with E-state index in [0.29, 0.717) is 0 Å². The van der Waals surface area contributed by atoms with Gasteiger partial charge < -0.3 is 4.74 Å². The Balaban J connectivity index is 1.61. The molecule has 0 aromatic heterocycles. The predicted octanol–water partition coefficient (Wildman–Crippen LogP) is 5.28. The van der Waals surface area contributed by atoms with Gasteiger partial charge in [-0.15, -0.1) is 0 Å². The van der Waals surface area contributed by atoms with Gasteiger partial charge in [-0.3, -0.25) is 14.5 Å². The molecule has 0 N–H and O–H groups in total. The number of nitrogens with zero attached hydrogens (tertiary/aromatic N) is 1. The molecule has 2 aromatic carbocycles. The lowest BCUT2D eigenvalue weighted by molar-refractivity contribution is -0.142. The molecule has 2 aromatic rings. The second-order valence-electron chi connectivity index (χ2n) is 8.71. The van der Waals surface area contributed by atoms with Crippen molar-refractivity contribution in [1.82, 2.24) is 0 Å². The van der Waals surface area contributed by atoms with Crippen LogP contribution in [0.4, 0.5) is 11.4 Å². The molecule has 5 atom stereocenters. The number of carbonyl (C=O) groups excluding carboxylic acids is 2. The van der Waals surface area contributed by atoms with E-state index in [0.717, 1.165) is 37.1 Å². The van der Waals surface area contributed by atoms with Gasteiger partial charge in [0.2, 0.25) is 5.91 Å². The number of para-hydroxylation sites is 2. The van der Waals surface area contributed by atoms with Gasteiger partial charge in [0.25, 0.3) is 0 Å². The molecule has 0 unspecified atom stereocenters. The summed E-state index contributed by atoms with van der Waals surface area (Å²) in [6.07, 6.45) is 6.14. The predicted molar refractivity (Wildman–Crippen MR) is 116 cm³/mol. The minimum atomic E-state index is -0.299. The van der Waals surface area contributed by atoms with Gasteiger partial charge in [0.05, 0.1) is 11.8 Å². The van der Waals surface area contributed by atoms with E-state index in [2.05, 4.69) is 6.08 Å². The smallest absolute Gasteiger partial charge is 0.313 e. The van der Waals surface area contributed by atoms with E-state index in [1.165, 1.54) is 5.57 Å². The standard InChI is InChI=1S/C26H27NO3/c1-17-23-22(26(29)30-17)16-18-10-8-9-15-21(18)24(23)25(28)27(19-11-4-2-5-12-19)20-13-6-3-7-14-20/h2-7,11-14,16-17,21-24H,8-10,15H2,1H3/t17-,21-,22-,23-,24+/m1/s1. The molecule has 1 heterocycles. The van der Waals surface area contributed by atoms with Crippen LogP contribution in [0, 0.1) is 23.7 Å². The summed E-state index contributed by atoms with van der Waals surface area (Å²) in [5.41, 5.74) is 3.00. The van der Waals surface area contributed by atoms with Crippen molar-refractivity contribution in [3.8, 4) is 0 Å². The van der Waals surface area contributed by atoms with Crippen LogP contribution in [0.1, 0.15) is 32.6 Å². The third kappa shape index (κ3) is 3.15. The van der Waals surface area contributed by atoms with E-state index >= 15 is 0 Å². The van der Waals surface area contributed by atoms with Gasteiger partial charge in [-0.2, -0.15) is 0 Å². The number of rotatable bonds is 3. The number of esters is 1. The molecule has 4 nitrogen and oxygen atoms in total. The Kier molecular flexibility index (Phi) is 4.93. The molecule has 0 radical (unpaired) electrons. The molecular weight excluding hydrogens is 374 g/mol. The van der Waals surface area contributed by atoms with Crippen LogP contribution < -0.4 is 4.90 Å². The van der Waals surface area contributed by atoms with E-state index in [-0.39, 0.29) is 41.7 Å². The highest BCUT2D eigenvalue weighted by atomic mass is 16.6. The average molecular weight is 402 g/mol. The first-order valence-corrected chi connectivity index (χ1v) is 11.0. The van der Waals surface area contributed by atoms with Crippen LogP contribution >= 0.6 is 0 Å². The Morgan fingerprint density at radius 2 is 1.60 bits per heavy atom. The number of amides is 1. The summed E-state index contributed by atoms with van der Waals surface area (Å²) in [6.45, 7) is 1.94. The van der Waals surface area contributed by atoms with E-state index in [1.54, 1.807) is 0 Å². The molecule has 2 fully saturated rings. The van der Waals surface area contributed by atoms with Crippen molar-refractivity contribution in [3.05, 3.63) is 72.3 Å². The highest BCUT2D eigenvalue weighted by Crippen LogP contribution is 2.51. The van der Waals surface area contributed by atoms with Crippen molar-refractivity contribution in [1.29, 1.82) is 0 Å². The van der Waals surface area contributed by atoms with E-state index in [4.69, 9.17) is 4.74 Å². The monoisotopic (exact) mass is 401 g/mol. The molecule has 30 heavy (non-hydrogen) atoms. The highest BCUT2D eigenvalue weighted by molar-refractivity contribution is 6.03.